The van der Waals surface area contributed by atoms with Crippen LogP contribution in [0.3, 0.4) is 0 Å². The van der Waals surface area contributed by atoms with E-state index in [-0.39, 0.29) is 6.04 Å². The van der Waals surface area contributed by atoms with Crippen LogP contribution in [0.2, 0.25) is 0 Å². The van der Waals surface area contributed by atoms with Crippen LogP contribution in [-0.4, -0.2) is 14.2 Å². The third-order valence-electron chi connectivity index (χ3n) is 3.31. The second-order valence-electron chi connectivity index (χ2n) is 4.62. The molecule has 0 heterocycles. The highest BCUT2D eigenvalue weighted by atomic mass is 127. The van der Waals surface area contributed by atoms with Gasteiger partial charge in [0.1, 0.15) is 5.75 Å². The van der Waals surface area contributed by atoms with E-state index in [2.05, 4.69) is 81.1 Å². The van der Waals surface area contributed by atoms with Crippen molar-refractivity contribution in [2.24, 2.45) is 0 Å². The SMILES string of the molecule is CNC(c1ccc(OC)c(C)c1)c1cc(Br)ccc1I. The third-order valence-corrected chi connectivity index (χ3v) is 4.79. The lowest BCUT2D eigenvalue weighted by molar-refractivity contribution is 0.411. The van der Waals surface area contributed by atoms with Crippen molar-refractivity contribution in [3.8, 4) is 5.75 Å². The highest BCUT2D eigenvalue weighted by Gasteiger charge is 2.16. The molecular weight excluding hydrogens is 429 g/mol. The smallest absolute Gasteiger partial charge is 0.121 e. The first-order valence-electron chi connectivity index (χ1n) is 6.33. The van der Waals surface area contributed by atoms with Gasteiger partial charge in [-0.1, -0.05) is 28.1 Å². The van der Waals surface area contributed by atoms with Gasteiger partial charge in [0.25, 0.3) is 0 Å². The predicted molar refractivity (Wildman–Crippen MR) is 95.5 cm³/mol. The van der Waals surface area contributed by atoms with E-state index in [1.54, 1.807) is 7.11 Å². The summed E-state index contributed by atoms with van der Waals surface area (Å²) in [4.78, 5) is 0. The molecule has 0 radical (unpaired) electrons. The molecule has 106 valence electrons. The largest absolute Gasteiger partial charge is 0.496 e. The lowest BCUT2D eigenvalue weighted by atomic mass is 9.97. The Balaban J connectivity index is 2.46. The van der Waals surface area contributed by atoms with Gasteiger partial charge in [0, 0.05) is 8.04 Å². The van der Waals surface area contributed by atoms with Crippen LogP contribution in [0.5, 0.6) is 5.75 Å². The Labute approximate surface area is 142 Å². The minimum Gasteiger partial charge on any atom is -0.496 e. The summed E-state index contributed by atoms with van der Waals surface area (Å²) in [6, 6.07) is 12.9. The number of aryl methyl sites for hydroxylation is 1. The molecule has 0 saturated carbocycles. The topological polar surface area (TPSA) is 21.3 Å². The van der Waals surface area contributed by atoms with Crippen molar-refractivity contribution in [3.63, 3.8) is 0 Å². The summed E-state index contributed by atoms with van der Waals surface area (Å²) in [5, 5.41) is 3.40. The van der Waals surface area contributed by atoms with Crippen LogP contribution in [0.4, 0.5) is 0 Å². The van der Waals surface area contributed by atoms with Gasteiger partial charge in [-0.3, -0.25) is 0 Å². The zero-order valence-electron chi connectivity index (χ0n) is 11.7. The summed E-state index contributed by atoms with van der Waals surface area (Å²) in [5.41, 5.74) is 3.66. The van der Waals surface area contributed by atoms with Crippen LogP contribution in [0.25, 0.3) is 0 Å². The number of benzene rings is 2. The maximum absolute atomic E-state index is 5.33. The van der Waals surface area contributed by atoms with Crippen molar-refractivity contribution in [1.29, 1.82) is 0 Å². The molecule has 0 bridgehead atoms. The minimum absolute atomic E-state index is 0.170. The van der Waals surface area contributed by atoms with Crippen molar-refractivity contribution in [2.45, 2.75) is 13.0 Å². The Morgan fingerprint density at radius 2 is 1.95 bits per heavy atom. The predicted octanol–water partition coefficient (Wildman–Crippen LogP) is 4.68. The minimum atomic E-state index is 0.170. The standard InChI is InChI=1S/C16H17BrINO/c1-10-8-11(4-7-15(10)20-3)16(19-2)13-9-12(17)5-6-14(13)18/h4-9,16,19H,1-3H3. The fraction of sp³-hybridized carbons (Fsp3) is 0.250. The number of rotatable bonds is 4. The van der Waals surface area contributed by atoms with Gasteiger partial charge in [-0.05, 0) is 77.5 Å². The molecule has 1 atom stereocenters. The molecule has 0 fully saturated rings. The molecular formula is C16H17BrINO. The Morgan fingerprint density at radius 3 is 2.55 bits per heavy atom. The molecule has 2 aromatic rings. The Kier molecular flexibility index (Phi) is 5.46. The summed E-state index contributed by atoms with van der Waals surface area (Å²) in [6.45, 7) is 2.07. The Hall–Kier alpha value is -0.590. The lowest BCUT2D eigenvalue weighted by Crippen LogP contribution is -2.19. The van der Waals surface area contributed by atoms with E-state index >= 15 is 0 Å². The van der Waals surface area contributed by atoms with Crippen molar-refractivity contribution in [2.75, 3.05) is 14.2 Å². The van der Waals surface area contributed by atoms with E-state index in [1.807, 2.05) is 13.1 Å². The summed E-state index contributed by atoms with van der Waals surface area (Å²) in [7, 11) is 3.69. The molecule has 0 aliphatic rings. The zero-order valence-corrected chi connectivity index (χ0v) is 15.4. The molecule has 0 aliphatic heterocycles. The van der Waals surface area contributed by atoms with Gasteiger partial charge >= 0.3 is 0 Å². The number of hydrogen-bond donors (Lipinski definition) is 1. The molecule has 2 rings (SSSR count). The molecule has 1 unspecified atom stereocenters. The van der Waals surface area contributed by atoms with E-state index in [4.69, 9.17) is 4.74 Å². The molecule has 0 amide bonds. The quantitative estimate of drug-likeness (QED) is 0.690. The normalized spacial score (nSPS) is 12.2. The van der Waals surface area contributed by atoms with Gasteiger partial charge in [-0.2, -0.15) is 0 Å². The van der Waals surface area contributed by atoms with Gasteiger partial charge < -0.3 is 10.1 Å². The molecule has 2 aromatic carbocycles. The zero-order chi connectivity index (χ0) is 14.7. The number of nitrogens with one attached hydrogen (secondary N) is 1. The van der Waals surface area contributed by atoms with E-state index in [1.165, 1.54) is 14.7 Å². The summed E-state index contributed by atoms with van der Waals surface area (Å²) < 4.78 is 7.68. The highest BCUT2D eigenvalue weighted by Crippen LogP contribution is 2.30. The Morgan fingerprint density at radius 1 is 1.20 bits per heavy atom. The molecule has 2 nitrogen and oxygen atoms in total. The molecule has 0 saturated heterocycles. The summed E-state index contributed by atoms with van der Waals surface area (Å²) in [6.07, 6.45) is 0. The molecule has 4 heteroatoms. The number of halogens is 2. The van der Waals surface area contributed by atoms with Gasteiger partial charge in [-0.25, -0.2) is 0 Å². The van der Waals surface area contributed by atoms with Gasteiger partial charge in [0.05, 0.1) is 13.2 Å². The van der Waals surface area contributed by atoms with Crippen molar-refractivity contribution in [1.82, 2.24) is 5.32 Å². The van der Waals surface area contributed by atoms with Gasteiger partial charge in [0.15, 0.2) is 0 Å². The maximum atomic E-state index is 5.33. The van der Waals surface area contributed by atoms with Crippen LogP contribution < -0.4 is 10.1 Å². The average Bonchev–Trinajstić information content (AvgIpc) is 2.44. The van der Waals surface area contributed by atoms with E-state index in [0.29, 0.717) is 0 Å². The van der Waals surface area contributed by atoms with E-state index in [9.17, 15) is 0 Å². The summed E-state index contributed by atoms with van der Waals surface area (Å²) >= 11 is 5.93. The first-order valence-corrected chi connectivity index (χ1v) is 8.20. The second kappa shape index (κ2) is 6.91. The van der Waals surface area contributed by atoms with Gasteiger partial charge in [-0.15, -0.1) is 0 Å². The number of methoxy groups -OCH3 is 1. The second-order valence-corrected chi connectivity index (χ2v) is 6.69. The van der Waals surface area contributed by atoms with Crippen LogP contribution in [0.15, 0.2) is 40.9 Å². The highest BCUT2D eigenvalue weighted by molar-refractivity contribution is 14.1. The van der Waals surface area contributed by atoms with E-state index < -0.39 is 0 Å². The molecule has 0 spiro atoms. The first kappa shape index (κ1) is 15.8. The van der Waals surface area contributed by atoms with Crippen LogP contribution in [0, 0.1) is 10.5 Å². The van der Waals surface area contributed by atoms with Crippen LogP contribution >= 0.6 is 38.5 Å². The molecule has 0 aromatic heterocycles. The van der Waals surface area contributed by atoms with Crippen molar-refractivity contribution in [3.05, 3.63) is 61.1 Å². The average molecular weight is 446 g/mol. The van der Waals surface area contributed by atoms with Crippen molar-refractivity contribution >= 4 is 38.5 Å². The maximum Gasteiger partial charge on any atom is 0.121 e. The fourth-order valence-electron chi connectivity index (χ4n) is 2.32. The third kappa shape index (κ3) is 3.35. The lowest BCUT2D eigenvalue weighted by Gasteiger charge is -2.20. The molecule has 0 aliphatic carbocycles. The number of ether oxygens (including phenoxy) is 1. The van der Waals surface area contributed by atoms with Gasteiger partial charge in [0.2, 0.25) is 0 Å². The molecule has 1 N–H and O–H groups in total. The molecule has 20 heavy (non-hydrogen) atoms. The van der Waals surface area contributed by atoms with Crippen LogP contribution in [0.1, 0.15) is 22.7 Å². The summed E-state index contributed by atoms with van der Waals surface area (Å²) in [5.74, 6) is 0.924. The monoisotopic (exact) mass is 445 g/mol. The number of hydrogen-bond acceptors (Lipinski definition) is 2. The fourth-order valence-corrected chi connectivity index (χ4v) is 3.34. The Bertz CT molecular complexity index is 615. The first-order chi connectivity index (χ1) is 9.56. The van der Waals surface area contributed by atoms with Crippen LogP contribution in [-0.2, 0) is 0 Å². The van der Waals surface area contributed by atoms with E-state index in [0.717, 1.165) is 15.8 Å². The van der Waals surface area contributed by atoms with Crippen molar-refractivity contribution < 1.29 is 4.74 Å².